The molecule has 0 spiro atoms. The zero-order valence-electron chi connectivity index (χ0n) is 30.3. The van der Waals surface area contributed by atoms with Crippen LogP contribution >= 0.6 is 0 Å². The largest absolute Gasteiger partial charge is 0.310 e. The van der Waals surface area contributed by atoms with Gasteiger partial charge >= 0.3 is 0 Å². The normalized spacial score (nSPS) is 11.3. The Kier molecular flexibility index (Phi) is 8.24. The average Bonchev–Trinajstić information content (AvgIpc) is 3.27. The smallest absolute Gasteiger partial charge is 0.0546 e. The van der Waals surface area contributed by atoms with Gasteiger partial charge in [0.2, 0.25) is 0 Å². The Morgan fingerprint density at radius 3 is 1.47 bits per heavy atom. The van der Waals surface area contributed by atoms with E-state index in [2.05, 4.69) is 229 Å². The van der Waals surface area contributed by atoms with Gasteiger partial charge in [0.1, 0.15) is 0 Å². The van der Waals surface area contributed by atoms with Gasteiger partial charge in [-0.2, -0.15) is 0 Å². The molecule has 0 fully saturated rings. The molecule has 1 nitrogen and oxygen atoms in total. The molecular formula is C54H37N. The van der Waals surface area contributed by atoms with Gasteiger partial charge < -0.3 is 4.90 Å². The Morgan fingerprint density at radius 2 is 0.727 bits per heavy atom. The number of anilines is 3. The number of fused-ring (bicyclic) bond motifs is 4. The van der Waals surface area contributed by atoms with Crippen LogP contribution in [0.5, 0.6) is 0 Å². The quantitative estimate of drug-likeness (QED) is 0.150. The summed E-state index contributed by atoms with van der Waals surface area (Å²) in [5.41, 5.74) is 12.9. The van der Waals surface area contributed by atoms with Gasteiger partial charge in [-0.15, -0.1) is 0 Å². The molecule has 10 rings (SSSR count). The summed E-state index contributed by atoms with van der Waals surface area (Å²) in [6.07, 6.45) is 0. The van der Waals surface area contributed by atoms with Crippen LogP contribution in [-0.4, -0.2) is 0 Å². The van der Waals surface area contributed by atoms with Crippen LogP contribution in [0.2, 0.25) is 0 Å². The van der Waals surface area contributed by atoms with Gasteiger partial charge in [-0.05, 0) is 108 Å². The highest BCUT2D eigenvalue weighted by atomic mass is 15.1. The van der Waals surface area contributed by atoms with Crippen LogP contribution in [-0.2, 0) is 0 Å². The van der Waals surface area contributed by atoms with Crippen LogP contribution in [0.1, 0.15) is 0 Å². The van der Waals surface area contributed by atoms with E-state index in [1.807, 2.05) is 0 Å². The van der Waals surface area contributed by atoms with Crippen molar-refractivity contribution in [1.82, 2.24) is 0 Å². The van der Waals surface area contributed by atoms with Crippen molar-refractivity contribution in [3.05, 3.63) is 224 Å². The van der Waals surface area contributed by atoms with E-state index in [0.29, 0.717) is 0 Å². The Bertz CT molecular complexity index is 2950. The van der Waals surface area contributed by atoms with Gasteiger partial charge in [0.25, 0.3) is 0 Å². The molecule has 0 aliphatic carbocycles. The average molecular weight is 700 g/mol. The van der Waals surface area contributed by atoms with Gasteiger partial charge in [-0.25, -0.2) is 0 Å². The molecule has 0 amide bonds. The summed E-state index contributed by atoms with van der Waals surface area (Å²) < 4.78 is 0. The molecule has 10 aromatic rings. The number of hydrogen-bond acceptors (Lipinski definition) is 1. The van der Waals surface area contributed by atoms with Crippen LogP contribution < -0.4 is 4.90 Å². The first-order valence-corrected chi connectivity index (χ1v) is 18.9. The Morgan fingerprint density at radius 1 is 0.236 bits per heavy atom. The molecule has 1 heteroatoms. The molecule has 55 heavy (non-hydrogen) atoms. The topological polar surface area (TPSA) is 3.24 Å². The molecule has 0 radical (unpaired) electrons. The third-order valence-corrected chi connectivity index (χ3v) is 10.8. The first-order valence-electron chi connectivity index (χ1n) is 18.9. The molecule has 0 unspecified atom stereocenters. The zero-order chi connectivity index (χ0) is 36.6. The summed E-state index contributed by atoms with van der Waals surface area (Å²) in [7, 11) is 0. The van der Waals surface area contributed by atoms with E-state index in [9.17, 15) is 0 Å². The second kappa shape index (κ2) is 14.0. The molecule has 0 atom stereocenters. The van der Waals surface area contributed by atoms with Crippen LogP contribution in [0, 0.1) is 0 Å². The highest BCUT2D eigenvalue weighted by Gasteiger charge is 2.20. The Labute approximate surface area is 322 Å². The monoisotopic (exact) mass is 699 g/mol. The van der Waals surface area contributed by atoms with E-state index in [-0.39, 0.29) is 0 Å². The second-order valence-electron chi connectivity index (χ2n) is 14.1. The van der Waals surface area contributed by atoms with Crippen molar-refractivity contribution in [3.8, 4) is 44.5 Å². The van der Waals surface area contributed by atoms with Crippen molar-refractivity contribution in [2.45, 2.75) is 0 Å². The predicted molar refractivity (Wildman–Crippen MR) is 235 cm³/mol. The maximum atomic E-state index is 2.44. The molecule has 0 aliphatic heterocycles. The van der Waals surface area contributed by atoms with Crippen molar-refractivity contribution in [2.75, 3.05) is 4.90 Å². The van der Waals surface area contributed by atoms with Crippen molar-refractivity contribution >= 4 is 49.4 Å². The predicted octanol–water partition coefficient (Wildman–Crippen LogP) is 15.3. The van der Waals surface area contributed by atoms with E-state index in [0.717, 1.165) is 17.1 Å². The number of hydrogen-bond donors (Lipinski definition) is 0. The number of rotatable bonds is 7. The fourth-order valence-electron chi connectivity index (χ4n) is 8.07. The molecule has 258 valence electrons. The number of nitrogens with zero attached hydrogens (tertiary/aromatic N) is 1. The van der Waals surface area contributed by atoms with Crippen molar-refractivity contribution in [3.63, 3.8) is 0 Å². The fraction of sp³-hybridized carbons (Fsp3) is 0. The lowest BCUT2D eigenvalue weighted by molar-refractivity contribution is 1.30. The maximum Gasteiger partial charge on any atom is 0.0546 e. The molecule has 0 aromatic heterocycles. The zero-order valence-corrected chi connectivity index (χ0v) is 30.3. The standard InChI is InChI=1S/C54H37N/c1-3-13-38(14-4-1)40-23-26-43(27-24-40)50-34-33-48(37-53(50)42-16-5-2-6-17-42)55(54-36-46-19-9-10-20-49(46)51-21-11-12-22-52(51)54)47-31-29-41(30-32-47)45-28-25-39-15-7-8-18-44(39)35-45/h1-37H. The van der Waals surface area contributed by atoms with E-state index in [4.69, 9.17) is 0 Å². The third kappa shape index (κ3) is 6.12. The van der Waals surface area contributed by atoms with E-state index in [1.165, 1.54) is 76.8 Å². The summed E-state index contributed by atoms with van der Waals surface area (Å²) in [5, 5.41) is 7.42. The highest BCUT2D eigenvalue weighted by molar-refractivity contribution is 6.14. The van der Waals surface area contributed by atoms with Crippen molar-refractivity contribution < 1.29 is 0 Å². The SMILES string of the molecule is c1ccc(-c2ccc(-c3ccc(N(c4ccc(-c5ccc6ccccc6c5)cc4)c4cc5ccccc5c5ccccc45)cc3-c3ccccc3)cc2)cc1. The molecule has 0 saturated carbocycles. The number of benzene rings is 10. The molecule has 0 heterocycles. The summed E-state index contributed by atoms with van der Waals surface area (Å²) in [6, 6.07) is 81.5. The van der Waals surface area contributed by atoms with Crippen LogP contribution in [0.3, 0.4) is 0 Å². The van der Waals surface area contributed by atoms with E-state index < -0.39 is 0 Å². The van der Waals surface area contributed by atoms with Gasteiger partial charge in [0, 0.05) is 16.8 Å². The molecule has 0 saturated heterocycles. The van der Waals surface area contributed by atoms with Crippen molar-refractivity contribution in [1.29, 1.82) is 0 Å². The summed E-state index contributed by atoms with van der Waals surface area (Å²) in [4.78, 5) is 2.44. The third-order valence-electron chi connectivity index (χ3n) is 10.8. The molecular weight excluding hydrogens is 663 g/mol. The first kappa shape index (κ1) is 32.4. The van der Waals surface area contributed by atoms with Crippen LogP contribution in [0.4, 0.5) is 17.1 Å². The van der Waals surface area contributed by atoms with Gasteiger partial charge in [-0.3, -0.25) is 0 Å². The van der Waals surface area contributed by atoms with Crippen molar-refractivity contribution in [2.24, 2.45) is 0 Å². The van der Waals surface area contributed by atoms with Gasteiger partial charge in [-0.1, -0.05) is 188 Å². The highest BCUT2D eigenvalue weighted by Crippen LogP contribution is 2.45. The van der Waals surface area contributed by atoms with Crippen LogP contribution in [0.25, 0.3) is 76.8 Å². The fourth-order valence-corrected chi connectivity index (χ4v) is 8.07. The Balaban J connectivity index is 1.16. The van der Waals surface area contributed by atoms with Gasteiger partial charge in [0.15, 0.2) is 0 Å². The molecule has 0 N–H and O–H groups in total. The molecule has 0 bridgehead atoms. The first-order chi connectivity index (χ1) is 27.3. The lowest BCUT2D eigenvalue weighted by atomic mass is 9.92. The van der Waals surface area contributed by atoms with E-state index in [1.54, 1.807) is 0 Å². The lowest BCUT2D eigenvalue weighted by Crippen LogP contribution is -2.11. The maximum absolute atomic E-state index is 2.44. The van der Waals surface area contributed by atoms with E-state index >= 15 is 0 Å². The minimum absolute atomic E-state index is 1.10. The molecule has 0 aliphatic rings. The molecule has 10 aromatic carbocycles. The minimum atomic E-state index is 1.10. The summed E-state index contributed by atoms with van der Waals surface area (Å²) in [6.45, 7) is 0. The minimum Gasteiger partial charge on any atom is -0.310 e. The summed E-state index contributed by atoms with van der Waals surface area (Å²) in [5.74, 6) is 0. The second-order valence-corrected chi connectivity index (χ2v) is 14.1. The van der Waals surface area contributed by atoms with Crippen LogP contribution in [0.15, 0.2) is 224 Å². The van der Waals surface area contributed by atoms with Gasteiger partial charge in [0.05, 0.1) is 5.69 Å². The summed E-state index contributed by atoms with van der Waals surface area (Å²) >= 11 is 0. The lowest BCUT2D eigenvalue weighted by Gasteiger charge is -2.29. The Hall–Kier alpha value is -7.22.